The van der Waals surface area contributed by atoms with Crippen LogP contribution in [-0.4, -0.2) is 15.0 Å². The van der Waals surface area contributed by atoms with E-state index in [9.17, 15) is 4.79 Å². The number of hydrogen-bond acceptors (Lipinski definition) is 3. The molecule has 0 aliphatic carbocycles. The SMILES string of the molecule is CCCCc1c(-c2ccncc2)[nH]c(CCCc2ccccc2)nc1=O. The van der Waals surface area contributed by atoms with Gasteiger partial charge in [0.05, 0.1) is 5.69 Å². The summed E-state index contributed by atoms with van der Waals surface area (Å²) in [5.41, 5.74) is 3.89. The molecule has 2 heterocycles. The first-order chi connectivity index (χ1) is 12.8. The largest absolute Gasteiger partial charge is 0.343 e. The Morgan fingerprint density at radius 3 is 2.42 bits per heavy atom. The van der Waals surface area contributed by atoms with Crippen LogP contribution >= 0.6 is 0 Å². The first-order valence-corrected chi connectivity index (χ1v) is 9.34. The average molecular weight is 347 g/mol. The molecule has 0 fully saturated rings. The predicted molar refractivity (Wildman–Crippen MR) is 105 cm³/mol. The van der Waals surface area contributed by atoms with Crippen LogP contribution in [0, 0.1) is 0 Å². The smallest absolute Gasteiger partial charge is 0.276 e. The van der Waals surface area contributed by atoms with E-state index in [-0.39, 0.29) is 5.56 Å². The van der Waals surface area contributed by atoms with Crippen molar-refractivity contribution in [2.75, 3.05) is 0 Å². The number of aromatic nitrogens is 3. The Kier molecular flexibility index (Phi) is 6.31. The van der Waals surface area contributed by atoms with Crippen molar-refractivity contribution in [1.29, 1.82) is 0 Å². The van der Waals surface area contributed by atoms with Crippen LogP contribution in [0.15, 0.2) is 59.7 Å². The average Bonchev–Trinajstić information content (AvgIpc) is 2.68. The highest BCUT2D eigenvalue weighted by Crippen LogP contribution is 2.20. The van der Waals surface area contributed by atoms with Crippen LogP contribution in [0.1, 0.15) is 43.1 Å². The molecule has 0 saturated heterocycles. The molecule has 0 bridgehead atoms. The van der Waals surface area contributed by atoms with Crippen molar-refractivity contribution < 1.29 is 0 Å². The number of aryl methyl sites for hydroxylation is 2. The van der Waals surface area contributed by atoms with E-state index in [0.29, 0.717) is 0 Å². The molecule has 134 valence electrons. The zero-order valence-corrected chi connectivity index (χ0v) is 15.2. The van der Waals surface area contributed by atoms with E-state index in [1.54, 1.807) is 12.4 Å². The topological polar surface area (TPSA) is 58.6 Å². The van der Waals surface area contributed by atoms with Crippen LogP contribution in [0.5, 0.6) is 0 Å². The van der Waals surface area contributed by atoms with Gasteiger partial charge in [0, 0.05) is 29.9 Å². The van der Waals surface area contributed by atoms with E-state index in [1.807, 2.05) is 18.2 Å². The lowest BCUT2D eigenvalue weighted by Crippen LogP contribution is -2.19. The lowest BCUT2D eigenvalue weighted by atomic mass is 10.0. The summed E-state index contributed by atoms with van der Waals surface area (Å²) in [5, 5.41) is 0. The van der Waals surface area contributed by atoms with Gasteiger partial charge in [0.2, 0.25) is 0 Å². The second-order valence-electron chi connectivity index (χ2n) is 6.52. The third-order valence-electron chi connectivity index (χ3n) is 4.54. The maximum absolute atomic E-state index is 12.6. The molecular weight excluding hydrogens is 322 g/mol. The highest BCUT2D eigenvalue weighted by Gasteiger charge is 2.12. The summed E-state index contributed by atoms with van der Waals surface area (Å²) in [6.45, 7) is 2.13. The molecule has 26 heavy (non-hydrogen) atoms. The molecule has 0 aliphatic rings. The molecule has 0 radical (unpaired) electrons. The fourth-order valence-electron chi connectivity index (χ4n) is 3.12. The molecule has 0 aliphatic heterocycles. The van der Waals surface area contributed by atoms with E-state index in [2.05, 4.69) is 46.1 Å². The van der Waals surface area contributed by atoms with Gasteiger partial charge in [0.25, 0.3) is 5.56 Å². The molecule has 4 heteroatoms. The highest BCUT2D eigenvalue weighted by atomic mass is 16.1. The first kappa shape index (κ1) is 18.1. The molecule has 3 rings (SSSR count). The number of nitrogens with zero attached hydrogens (tertiary/aromatic N) is 2. The molecule has 1 aromatic carbocycles. The summed E-state index contributed by atoms with van der Waals surface area (Å²) < 4.78 is 0. The minimum Gasteiger partial charge on any atom is -0.343 e. The van der Waals surface area contributed by atoms with Crippen LogP contribution < -0.4 is 5.56 Å². The van der Waals surface area contributed by atoms with E-state index in [1.165, 1.54) is 5.56 Å². The number of rotatable bonds is 8. The third kappa shape index (κ3) is 4.66. The number of benzene rings is 1. The van der Waals surface area contributed by atoms with Crippen molar-refractivity contribution in [1.82, 2.24) is 15.0 Å². The molecule has 0 amide bonds. The Morgan fingerprint density at radius 1 is 0.923 bits per heavy atom. The number of unbranched alkanes of at least 4 members (excludes halogenated alkanes) is 1. The zero-order valence-electron chi connectivity index (χ0n) is 15.2. The number of aromatic amines is 1. The molecule has 0 unspecified atom stereocenters. The number of hydrogen-bond donors (Lipinski definition) is 1. The van der Waals surface area contributed by atoms with Gasteiger partial charge in [-0.1, -0.05) is 43.7 Å². The lowest BCUT2D eigenvalue weighted by Gasteiger charge is -2.11. The van der Waals surface area contributed by atoms with Gasteiger partial charge >= 0.3 is 0 Å². The van der Waals surface area contributed by atoms with Gasteiger partial charge in [-0.25, -0.2) is 0 Å². The van der Waals surface area contributed by atoms with E-state index < -0.39 is 0 Å². The van der Waals surface area contributed by atoms with Crippen molar-refractivity contribution >= 4 is 0 Å². The fraction of sp³-hybridized carbons (Fsp3) is 0.318. The second-order valence-corrected chi connectivity index (χ2v) is 6.52. The summed E-state index contributed by atoms with van der Waals surface area (Å²) in [4.78, 5) is 24.5. The number of nitrogens with one attached hydrogen (secondary N) is 1. The number of pyridine rings is 1. The summed E-state index contributed by atoms with van der Waals surface area (Å²) in [7, 11) is 0. The third-order valence-corrected chi connectivity index (χ3v) is 4.54. The standard InChI is InChI=1S/C22H25N3O/c1-2-3-11-19-21(18-13-15-23-16-14-18)24-20(25-22(19)26)12-7-10-17-8-5-4-6-9-17/h4-6,8-9,13-16H,2-3,7,10-12H2,1H3,(H,24,25,26). The lowest BCUT2D eigenvalue weighted by molar-refractivity contribution is 0.746. The van der Waals surface area contributed by atoms with E-state index >= 15 is 0 Å². The van der Waals surface area contributed by atoms with Crippen LogP contribution in [-0.2, 0) is 19.3 Å². The molecule has 0 atom stereocenters. The van der Waals surface area contributed by atoms with Gasteiger partial charge < -0.3 is 4.98 Å². The molecule has 0 spiro atoms. The van der Waals surface area contributed by atoms with Crippen molar-refractivity contribution in [2.45, 2.75) is 45.4 Å². The Bertz CT molecular complexity index is 873. The van der Waals surface area contributed by atoms with Gasteiger partial charge in [-0.2, -0.15) is 4.98 Å². The van der Waals surface area contributed by atoms with Gasteiger partial charge in [-0.3, -0.25) is 9.78 Å². The van der Waals surface area contributed by atoms with Crippen LogP contribution in [0.25, 0.3) is 11.3 Å². The maximum Gasteiger partial charge on any atom is 0.276 e. The molecule has 3 aromatic rings. The minimum atomic E-state index is -0.0984. The Balaban J connectivity index is 1.82. The summed E-state index contributed by atoms with van der Waals surface area (Å²) >= 11 is 0. The van der Waals surface area contributed by atoms with Gasteiger partial charge in [-0.05, 0) is 43.4 Å². The Hall–Kier alpha value is -2.75. The minimum absolute atomic E-state index is 0.0984. The van der Waals surface area contributed by atoms with Crippen LogP contribution in [0.3, 0.4) is 0 Å². The van der Waals surface area contributed by atoms with Gasteiger partial charge in [-0.15, -0.1) is 0 Å². The molecular formula is C22H25N3O. The Morgan fingerprint density at radius 2 is 1.69 bits per heavy atom. The molecule has 2 aromatic heterocycles. The van der Waals surface area contributed by atoms with Crippen molar-refractivity contribution in [3.05, 3.63) is 82.2 Å². The second kappa shape index (κ2) is 9.09. The van der Waals surface area contributed by atoms with E-state index in [0.717, 1.165) is 61.2 Å². The maximum atomic E-state index is 12.6. The zero-order chi connectivity index (χ0) is 18.2. The van der Waals surface area contributed by atoms with E-state index in [4.69, 9.17) is 0 Å². The molecule has 0 saturated carbocycles. The quantitative estimate of drug-likeness (QED) is 0.659. The fourth-order valence-corrected chi connectivity index (χ4v) is 3.12. The first-order valence-electron chi connectivity index (χ1n) is 9.34. The van der Waals surface area contributed by atoms with Gasteiger partial charge in [0.15, 0.2) is 0 Å². The van der Waals surface area contributed by atoms with Gasteiger partial charge in [0.1, 0.15) is 5.82 Å². The summed E-state index contributed by atoms with van der Waals surface area (Å²) in [5.74, 6) is 0.762. The summed E-state index contributed by atoms with van der Waals surface area (Å²) in [6, 6.07) is 14.3. The summed E-state index contributed by atoms with van der Waals surface area (Å²) in [6.07, 6.45) is 8.99. The normalized spacial score (nSPS) is 10.8. The molecule has 1 N–H and O–H groups in total. The molecule has 4 nitrogen and oxygen atoms in total. The van der Waals surface area contributed by atoms with Crippen molar-refractivity contribution in [2.24, 2.45) is 0 Å². The van der Waals surface area contributed by atoms with Crippen LogP contribution in [0.2, 0.25) is 0 Å². The van der Waals surface area contributed by atoms with Crippen molar-refractivity contribution in [3.8, 4) is 11.3 Å². The van der Waals surface area contributed by atoms with Crippen LogP contribution in [0.4, 0.5) is 0 Å². The Labute approximate surface area is 154 Å². The number of H-pyrrole nitrogens is 1. The van der Waals surface area contributed by atoms with Crippen molar-refractivity contribution in [3.63, 3.8) is 0 Å². The predicted octanol–water partition coefficient (Wildman–Crippen LogP) is 4.35. The monoisotopic (exact) mass is 347 g/mol. The highest BCUT2D eigenvalue weighted by molar-refractivity contribution is 5.62.